The highest BCUT2D eigenvalue weighted by Gasteiger charge is 1.48. The molecule has 0 radical (unpaired) electrons. The molecule has 0 spiro atoms. The number of carbonyl (C=O) groups is 2. The molecule has 0 saturated heterocycles. The van der Waals surface area contributed by atoms with Gasteiger partial charge in [0.15, 0.2) is 0 Å². The number of hydrogen-bond acceptors (Lipinski definition) is 14. The second-order valence-corrected chi connectivity index (χ2v) is 0.570. The fourth-order valence-electron chi connectivity index (χ4n) is 0. The standard InChI is InChI=1S/2CH2O3.2CO2.28CH4.2O2.3H2O.2H2/c2*2-1-4-3;2*2-1-3;;;;;;;;;;;;;;;;;;;;;;;;;;;;;2*1-2;;;;;/h2*1,3H;;;28*1H4;;;3*1H2;2*1H/p+1. The lowest BCUT2D eigenvalue weighted by molar-refractivity contribution is -0.217. The Morgan fingerprint density at radius 2 is 0.347 bits per heavy atom. The van der Waals surface area contributed by atoms with E-state index in [1.165, 1.54) is 0 Å². The molecule has 0 saturated carbocycles. The lowest BCUT2D eigenvalue weighted by Crippen LogP contribution is -1.69. The first-order valence-corrected chi connectivity index (χ1v) is 2.46. The third-order valence-corrected chi connectivity index (χ3v) is 0.0861. The summed E-state index contributed by atoms with van der Waals surface area (Å²) in [5.74, 6) is 0. The molecule has 0 aromatic heterocycles. The predicted molar refractivity (Wildman–Crippen MR) is 248 cm³/mol. The largest absolute Gasteiger partial charge is 1.00 e. The number of hydrogen-bond donors (Lipinski definition) is 2. The quantitative estimate of drug-likeness (QED) is 0.149. The highest BCUT2D eigenvalue weighted by Crippen LogP contribution is 1.34. The van der Waals surface area contributed by atoms with Gasteiger partial charge in [-0.25, -0.2) is 10.5 Å². The van der Waals surface area contributed by atoms with Crippen molar-refractivity contribution in [1.82, 2.24) is 0 Å². The first kappa shape index (κ1) is 1210. The van der Waals surface area contributed by atoms with Gasteiger partial charge in [0.05, 0.1) is 0 Å². The van der Waals surface area contributed by atoms with Crippen molar-refractivity contribution in [3.8, 4) is 0 Å². The zero-order chi connectivity index (χ0) is 16.2. The Balaban J connectivity index is -0.000000000779. The van der Waals surface area contributed by atoms with E-state index >= 15 is 0 Å². The third kappa shape index (κ3) is 48200. The summed E-state index contributed by atoms with van der Waals surface area (Å²) in [6.45, 7) is -0.139. The van der Waals surface area contributed by atoms with Crippen LogP contribution in [0.4, 0.5) is 0 Å². The van der Waals surface area contributed by atoms with E-state index in [9.17, 15) is 0 Å². The molecule has 49 heavy (non-hydrogen) atoms. The average Bonchev–Trinajstić information content (AvgIpc) is 2.45. The maximum Gasteiger partial charge on any atom is 1.00 e. The predicted octanol–water partition coefficient (Wildman–Crippen LogP) is 14.2. The third-order valence-electron chi connectivity index (χ3n) is 0.0861. The minimum Gasteiger partial charge on any atom is -0.412 e. The van der Waals surface area contributed by atoms with Crippen LogP contribution in [0, 0.1) is 19.9 Å². The molecule has 0 aromatic carbocycles. The van der Waals surface area contributed by atoms with Crippen LogP contribution in [0.2, 0.25) is 0 Å². The summed E-state index contributed by atoms with van der Waals surface area (Å²) in [6.07, 6.45) is 0.500. The van der Waals surface area contributed by atoms with E-state index in [-0.39, 0.29) is 254 Å². The van der Waals surface area contributed by atoms with Gasteiger partial charge in [-0.1, -0.05) is 208 Å². The van der Waals surface area contributed by atoms with Crippen LogP contribution < -0.4 is 0 Å². The van der Waals surface area contributed by atoms with Crippen molar-refractivity contribution in [1.29, 1.82) is 0 Å². The van der Waals surface area contributed by atoms with Crippen molar-refractivity contribution in [3.05, 3.63) is 19.9 Å². The van der Waals surface area contributed by atoms with Gasteiger partial charge in [-0.15, -0.1) is 0 Å². The van der Waals surface area contributed by atoms with E-state index in [1.54, 1.807) is 0 Å². The van der Waals surface area contributed by atoms with Gasteiger partial charge in [0.2, 0.25) is 0 Å². The molecule has 0 fully saturated rings. The molecule has 0 amide bonds. The second kappa shape index (κ2) is 11700. The monoisotopic (exact) mass is 784 g/mol. The first-order chi connectivity index (χ1) is 8.66. The van der Waals surface area contributed by atoms with Crippen molar-refractivity contribution in [2.75, 3.05) is 0 Å². The number of rotatable bonds is 2. The molecule has 356 valence electrons. The van der Waals surface area contributed by atoms with Gasteiger partial charge < -0.3 is 26.2 Å². The Morgan fingerprint density at radius 1 is 0.327 bits per heavy atom. The lowest BCUT2D eigenvalue weighted by atomic mass is 11.7. The highest BCUT2D eigenvalue weighted by atomic mass is 17.1. The summed E-state index contributed by atoms with van der Waals surface area (Å²) >= 11 is 0. The van der Waals surface area contributed by atoms with Gasteiger partial charge in [-0.05, 0) is 0 Å². The summed E-state index contributed by atoms with van der Waals surface area (Å²) in [4.78, 5) is 83.6. The van der Waals surface area contributed by atoms with Crippen molar-refractivity contribution < 1.29 is 69.8 Å². The molecule has 0 aromatic rings. The van der Waals surface area contributed by atoms with Crippen LogP contribution in [0.5, 0.6) is 0 Å². The molecular weight excluding hydrogens is 656 g/mol. The van der Waals surface area contributed by atoms with Crippen molar-refractivity contribution in [3.63, 3.8) is 0 Å². The molecule has 0 atom stereocenters. The zero-order valence-corrected chi connectivity index (χ0v) is 9.45. The molecule has 0 rings (SSSR count). The molecule has 0 aliphatic rings. The number of carbonyl (C=O) groups excluding carboxylic acids is 6. The van der Waals surface area contributed by atoms with Crippen LogP contribution in [0.25, 0.3) is 0 Å². The normalized spacial score (nSPS) is 1.35. The van der Waals surface area contributed by atoms with Gasteiger partial charge in [-0.3, -0.25) is 9.59 Å². The minimum absolute atomic E-state index is 0. The summed E-state index contributed by atoms with van der Waals surface area (Å²) in [5.41, 5.74) is 0. The maximum atomic E-state index is 8.70. The van der Waals surface area contributed by atoms with Crippen LogP contribution in [0.3, 0.4) is 0 Å². The van der Waals surface area contributed by atoms with Gasteiger partial charge in [-0.2, -0.15) is 19.2 Å². The Bertz CT molecular complexity index is 212. The zero-order valence-electron chi connectivity index (χ0n) is 10.4. The van der Waals surface area contributed by atoms with E-state index in [0.717, 1.165) is 0 Å². The molecule has 0 bridgehead atoms. The molecular formula is C32H127O17+. The molecule has 8 N–H and O–H groups in total. The van der Waals surface area contributed by atoms with Crippen LogP contribution in [-0.4, -0.2) is 52.2 Å². The summed E-state index contributed by atoms with van der Waals surface area (Å²) in [6, 6.07) is 0. The summed E-state index contributed by atoms with van der Waals surface area (Å²) in [5, 5.41) is 14.0. The van der Waals surface area contributed by atoms with Crippen molar-refractivity contribution in [2.24, 2.45) is 0 Å². The van der Waals surface area contributed by atoms with E-state index in [4.69, 9.17) is 59.1 Å². The molecule has 17 heteroatoms. The van der Waals surface area contributed by atoms with Crippen molar-refractivity contribution in [2.45, 2.75) is 208 Å². The Kier molecular flexibility index (Phi) is 288000. The van der Waals surface area contributed by atoms with E-state index in [2.05, 4.69) is 9.78 Å². The highest BCUT2D eigenvalue weighted by molar-refractivity contribution is 5.35. The fourth-order valence-corrected chi connectivity index (χ4v) is 0. The molecule has 0 heterocycles. The lowest BCUT2D eigenvalue weighted by Gasteiger charge is -1.63. The summed E-state index contributed by atoms with van der Waals surface area (Å²) in [7, 11) is 0. The second-order valence-electron chi connectivity index (χ2n) is 0.570. The van der Waals surface area contributed by atoms with Crippen molar-refractivity contribution >= 4 is 25.2 Å². The first-order valence-electron chi connectivity index (χ1n) is 2.46. The van der Waals surface area contributed by atoms with Gasteiger partial charge >= 0.3 is 26.7 Å². The smallest absolute Gasteiger partial charge is 0.412 e. The molecule has 0 aliphatic carbocycles. The van der Waals surface area contributed by atoms with Crippen LogP contribution in [-0.2, 0) is 38.5 Å². The summed E-state index contributed by atoms with van der Waals surface area (Å²) < 4.78 is 0. The maximum absolute atomic E-state index is 8.70. The minimum atomic E-state index is -0.0694. The molecule has 17 nitrogen and oxygen atoms in total. The van der Waals surface area contributed by atoms with Gasteiger partial charge in [0.1, 0.15) is 0 Å². The van der Waals surface area contributed by atoms with Crippen LogP contribution >= 0.6 is 0 Å². The average molecular weight is 784 g/mol. The molecule has 0 unspecified atom stereocenters. The van der Waals surface area contributed by atoms with E-state index in [0.29, 0.717) is 0 Å². The molecule has 0 aliphatic heterocycles. The Hall–Kier alpha value is -3.30. The van der Waals surface area contributed by atoms with E-state index in [1.807, 2.05) is 0 Å². The van der Waals surface area contributed by atoms with Crippen LogP contribution in [0.15, 0.2) is 0 Å². The van der Waals surface area contributed by atoms with Gasteiger partial charge in [0, 0.05) is 22.7 Å². The topological polar surface area (TPSA) is 324 Å². The Morgan fingerprint density at radius 3 is 0.347 bits per heavy atom. The van der Waals surface area contributed by atoms with E-state index < -0.39 is 0 Å². The van der Waals surface area contributed by atoms with Gasteiger partial charge in [0.25, 0.3) is 0 Å². The van der Waals surface area contributed by atoms with Crippen LogP contribution in [0.1, 0.15) is 212 Å². The Labute approximate surface area is 323 Å². The fraction of sp³-hybridized carbons (Fsp3) is 0.875. The SMILES string of the molecule is C.C.C.C.C.C.C.C.C.C.C.C.C.C.C.C.C.C.C.C.C.C.C.C.C.C.C.C.O.O.O.O=C=O.O=C=O.O=COO.O=COO.O=O.O=O.[H+].[HH].[HH].